The van der Waals surface area contributed by atoms with E-state index < -0.39 is 0 Å². The van der Waals surface area contributed by atoms with Gasteiger partial charge in [0.15, 0.2) is 0 Å². The zero-order valence-corrected chi connectivity index (χ0v) is 14.1. The zero-order valence-electron chi connectivity index (χ0n) is 14.1. The van der Waals surface area contributed by atoms with E-state index in [1.165, 1.54) is 11.1 Å². The first-order valence-corrected chi connectivity index (χ1v) is 8.50. The molecule has 1 amide bonds. The van der Waals surface area contributed by atoms with Gasteiger partial charge in [-0.1, -0.05) is 30.3 Å². The second-order valence-corrected chi connectivity index (χ2v) is 6.05. The number of anilines is 1. The van der Waals surface area contributed by atoms with Crippen molar-refractivity contribution in [2.75, 3.05) is 31.6 Å². The minimum absolute atomic E-state index is 0.150. The van der Waals surface area contributed by atoms with Crippen LogP contribution in [0.5, 0.6) is 5.75 Å². The molecule has 0 bridgehead atoms. The highest BCUT2D eigenvalue weighted by molar-refractivity contribution is 5.95. The van der Waals surface area contributed by atoms with E-state index in [1.807, 2.05) is 35.2 Å². The molecule has 1 aliphatic rings. The summed E-state index contributed by atoms with van der Waals surface area (Å²) in [5.74, 6) is 1.02. The van der Waals surface area contributed by atoms with Gasteiger partial charge in [0.1, 0.15) is 5.75 Å². The number of methoxy groups -OCH3 is 1. The molecular weight excluding hydrogens is 300 g/mol. The van der Waals surface area contributed by atoms with Gasteiger partial charge in [-0.2, -0.15) is 0 Å². The fraction of sp³-hybridized carbons (Fsp3) is 0.350. The Labute approximate surface area is 143 Å². The van der Waals surface area contributed by atoms with Crippen LogP contribution >= 0.6 is 0 Å². The third-order valence-corrected chi connectivity index (χ3v) is 4.44. The topological polar surface area (TPSA) is 41.6 Å². The Bertz CT molecular complexity index is 682. The van der Waals surface area contributed by atoms with Crippen LogP contribution in [-0.4, -0.2) is 32.7 Å². The number of aryl methyl sites for hydroxylation is 1. The average Bonchev–Trinajstić information content (AvgIpc) is 2.65. The molecule has 0 saturated carbocycles. The number of ether oxygens (including phenoxy) is 1. The van der Waals surface area contributed by atoms with Crippen molar-refractivity contribution in [3.63, 3.8) is 0 Å². The molecule has 24 heavy (non-hydrogen) atoms. The van der Waals surface area contributed by atoms with E-state index in [4.69, 9.17) is 4.74 Å². The van der Waals surface area contributed by atoms with E-state index in [0.717, 1.165) is 43.8 Å². The highest BCUT2D eigenvalue weighted by atomic mass is 16.5. The van der Waals surface area contributed by atoms with Crippen molar-refractivity contribution in [2.24, 2.45) is 0 Å². The summed E-state index contributed by atoms with van der Waals surface area (Å²) in [6, 6.07) is 16.2. The normalized spacial score (nSPS) is 13.5. The molecule has 1 heterocycles. The maximum Gasteiger partial charge on any atom is 0.240 e. The molecule has 0 unspecified atom stereocenters. The SMILES string of the molecule is COc1ccc(CCNCC(=O)N2CCCc3ccccc32)cc1. The van der Waals surface area contributed by atoms with E-state index >= 15 is 0 Å². The van der Waals surface area contributed by atoms with Crippen molar-refractivity contribution >= 4 is 11.6 Å². The second kappa shape index (κ2) is 7.97. The van der Waals surface area contributed by atoms with Gasteiger partial charge in [-0.3, -0.25) is 4.79 Å². The van der Waals surface area contributed by atoms with Crippen LogP contribution in [0.15, 0.2) is 48.5 Å². The Balaban J connectivity index is 1.48. The molecule has 1 N–H and O–H groups in total. The molecule has 0 radical (unpaired) electrons. The minimum atomic E-state index is 0.150. The maximum absolute atomic E-state index is 12.5. The summed E-state index contributed by atoms with van der Waals surface area (Å²) in [6.45, 7) is 1.98. The Kier molecular flexibility index (Phi) is 5.49. The fourth-order valence-electron chi connectivity index (χ4n) is 3.11. The van der Waals surface area contributed by atoms with Crippen LogP contribution in [0.2, 0.25) is 0 Å². The van der Waals surface area contributed by atoms with Crippen molar-refractivity contribution in [2.45, 2.75) is 19.3 Å². The van der Waals surface area contributed by atoms with E-state index in [0.29, 0.717) is 6.54 Å². The molecule has 0 fully saturated rings. The first-order chi connectivity index (χ1) is 11.8. The summed E-state index contributed by atoms with van der Waals surface area (Å²) in [4.78, 5) is 14.4. The number of hydrogen-bond donors (Lipinski definition) is 1. The summed E-state index contributed by atoms with van der Waals surface area (Å²) in [5.41, 5.74) is 3.58. The summed E-state index contributed by atoms with van der Waals surface area (Å²) in [7, 11) is 1.67. The van der Waals surface area contributed by atoms with Crippen LogP contribution in [0.3, 0.4) is 0 Å². The monoisotopic (exact) mass is 324 g/mol. The van der Waals surface area contributed by atoms with Crippen LogP contribution in [0.1, 0.15) is 17.5 Å². The molecule has 126 valence electrons. The second-order valence-electron chi connectivity index (χ2n) is 6.05. The highest BCUT2D eigenvalue weighted by Gasteiger charge is 2.21. The van der Waals surface area contributed by atoms with Gasteiger partial charge in [0, 0.05) is 12.2 Å². The van der Waals surface area contributed by atoms with Crippen molar-refractivity contribution in [1.29, 1.82) is 0 Å². The number of nitrogens with zero attached hydrogens (tertiary/aromatic N) is 1. The summed E-state index contributed by atoms with van der Waals surface area (Å²) in [5, 5.41) is 3.27. The zero-order chi connectivity index (χ0) is 16.8. The lowest BCUT2D eigenvalue weighted by molar-refractivity contribution is -0.117. The van der Waals surface area contributed by atoms with Gasteiger partial charge >= 0.3 is 0 Å². The minimum Gasteiger partial charge on any atom is -0.497 e. The smallest absolute Gasteiger partial charge is 0.240 e. The van der Waals surface area contributed by atoms with Crippen LogP contribution in [-0.2, 0) is 17.6 Å². The third kappa shape index (κ3) is 3.95. The fourth-order valence-corrected chi connectivity index (χ4v) is 3.11. The standard InChI is InChI=1S/C20H24N2O2/c1-24-18-10-8-16(9-11-18)12-13-21-15-20(23)22-14-4-6-17-5-2-3-7-19(17)22/h2-3,5,7-11,21H,4,6,12-15H2,1H3. The molecule has 1 aliphatic heterocycles. The molecular formula is C20H24N2O2. The quantitative estimate of drug-likeness (QED) is 0.831. The van der Waals surface area contributed by atoms with E-state index in [-0.39, 0.29) is 5.91 Å². The van der Waals surface area contributed by atoms with Crippen LogP contribution < -0.4 is 15.0 Å². The van der Waals surface area contributed by atoms with Crippen molar-refractivity contribution in [3.05, 3.63) is 59.7 Å². The maximum atomic E-state index is 12.5. The predicted octanol–water partition coefficient (Wildman–Crippen LogP) is 2.81. The molecule has 2 aromatic rings. The molecule has 4 nitrogen and oxygen atoms in total. The van der Waals surface area contributed by atoms with Gasteiger partial charge in [-0.15, -0.1) is 0 Å². The highest BCUT2D eigenvalue weighted by Crippen LogP contribution is 2.26. The van der Waals surface area contributed by atoms with Gasteiger partial charge in [-0.25, -0.2) is 0 Å². The summed E-state index contributed by atoms with van der Waals surface area (Å²) in [6.07, 6.45) is 2.99. The predicted molar refractivity (Wildman–Crippen MR) is 96.7 cm³/mol. The number of nitrogens with one attached hydrogen (secondary N) is 1. The van der Waals surface area contributed by atoms with Crippen LogP contribution in [0.4, 0.5) is 5.69 Å². The number of fused-ring (bicyclic) bond motifs is 1. The number of carbonyl (C=O) groups is 1. The van der Waals surface area contributed by atoms with E-state index in [9.17, 15) is 4.79 Å². The molecule has 0 aliphatic carbocycles. The molecule has 0 atom stereocenters. The molecule has 4 heteroatoms. The van der Waals surface area contributed by atoms with Crippen molar-refractivity contribution in [1.82, 2.24) is 5.32 Å². The van der Waals surface area contributed by atoms with Gasteiger partial charge in [-0.05, 0) is 55.1 Å². The van der Waals surface area contributed by atoms with Crippen molar-refractivity contribution in [3.8, 4) is 5.75 Å². The first kappa shape index (κ1) is 16.5. The number of amides is 1. The Morgan fingerprint density at radius 1 is 1.17 bits per heavy atom. The van der Waals surface area contributed by atoms with E-state index in [1.54, 1.807) is 7.11 Å². The molecule has 3 rings (SSSR count). The van der Waals surface area contributed by atoms with Gasteiger partial charge < -0.3 is 15.0 Å². The number of carbonyl (C=O) groups excluding carboxylic acids is 1. The average molecular weight is 324 g/mol. The first-order valence-electron chi connectivity index (χ1n) is 8.50. The largest absolute Gasteiger partial charge is 0.497 e. The summed E-state index contributed by atoms with van der Waals surface area (Å²) >= 11 is 0. The van der Waals surface area contributed by atoms with Gasteiger partial charge in [0.2, 0.25) is 5.91 Å². The number of benzene rings is 2. The third-order valence-electron chi connectivity index (χ3n) is 4.44. The number of para-hydroxylation sites is 1. The number of rotatable bonds is 6. The Morgan fingerprint density at radius 3 is 2.75 bits per heavy atom. The van der Waals surface area contributed by atoms with Crippen molar-refractivity contribution < 1.29 is 9.53 Å². The molecule has 0 spiro atoms. The molecule has 0 aromatic heterocycles. The Hall–Kier alpha value is -2.33. The lowest BCUT2D eigenvalue weighted by Gasteiger charge is -2.29. The molecule has 2 aromatic carbocycles. The van der Waals surface area contributed by atoms with Gasteiger partial charge in [0.05, 0.1) is 13.7 Å². The molecule has 0 saturated heterocycles. The number of hydrogen-bond acceptors (Lipinski definition) is 3. The van der Waals surface area contributed by atoms with E-state index in [2.05, 4.69) is 23.5 Å². The lowest BCUT2D eigenvalue weighted by atomic mass is 10.0. The Morgan fingerprint density at radius 2 is 1.96 bits per heavy atom. The van der Waals surface area contributed by atoms with Gasteiger partial charge in [0.25, 0.3) is 0 Å². The van der Waals surface area contributed by atoms with Crippen LogP contribution in [0.25, 0.3) is 0 Å². The lowest BCUT2D eigenvalue weighted by Crippen LogP contribution is -2.41. The van der Waals surface area contributed by atoms with Crippen LogP contribution in [0, 0.1) is 0 Å². The summed E-state index contributed by atoms with van der Waals surface area (Å²) < 4.78 is 5.16.